The van der Waals surface area contributed by atoms with Gasteiger partial charge in [-0.1, -0.05) is 18.3 Å². The van der Waals surface area contributed by atoms with Crippen LogP contribution < -0.4 is 10.6 Å². The molecule has 0 radical (unpaired) electrons. The predicted molar refractivity (Wildman–Crippen MR) is 58.3 cm³/mol. The number of aromatic nitrogens is 2. The first-order chi connectivity index (χ1) is 7.58. The van der Waals surface area contributed by atoms with E-state index in [9.17, 15) is 9.59 Å². The number of amides is 2. The number of urea groups is 1. The van der Waals surface area contributed by atoms with E-state index in [1.54, 1.807) is 6.92 Å². The third-order valence-electron chi connectivity index (χ3n) is 1.71. The van der Waals surface area contributed by atoms with Crippen molar-refractivity contribution in [3.8, 4) is 0 Å². The van der Waals surface area contributed by atoms with E-state index >= 15 is 0 Å². The van der Waals surface area contributed by atoms with Crippen LogP contribution in [0.5, 0.6) is 0 Å². The summed E-state index contributed by atoms with van der Waals surface area (Å²) < 4.78 is 0. The summed E-state index contributed by atoms with van der Waals surface area (Å²) in [6, 6.07) is -0.408. The van der Waals surface area contributed by atoms with Crippen molar-refractivity contribution in [1.29, 1.82) is 0 Å². The fraction of sp³-hybridized carbons (Fsp3) is 0.500. The average Bonchev–Trinajstić information content (AvgIpc) is 2.66. The van der Waals surface area contributed by atoms with Gasteiger partial charge in [0.05, 0.1) is 0 Å². The normalized spacial score (nSPS) is 11.8. The van der Waals surface area contributed by atoms with Crippen LogP contribution in [-0.2, 0) is 4.79 Å². The minimum Gasteiger partial charge on any atom is -0.481 e. The molecule has 0 aliphatic carbocycles. The van der Waals surface area contributed by atoms with E-state index < -0.39 is 12.0 Å². The first-order valence-corrected chi connectivity index (χ1v) is 5.48. The Morgan fingerprint density at radius 1 is 1.62 bits per heavy atom. The van der Waals surface area contributed by atoms with Gasteiger partial charge in [-0.2, -0.15) is 0 Å². The molecule has 0 saturated heterocycles. The lowest BCUT2D eigenvalue weighted by molar-refractivity contribution is -0.137. The van der Waals surface area contributed by atoms with Gasteiger partial charge in [0.1, 0.15) is 5.51 Å². The van der Waals surface area contributed by atoms with E-state index in [1.807, 2.05) is 0 Å². The number of rotatable bonds is 5. The number of nitrogens with one attached hydrogen (secondary N) is 2. The number of hydrogen-bond donors (Lipinski definition) is 3. The Kier molecular flexibility index (Phi) is 4.65. The highest BCUT2D eigenvalue weighted by Gasteiger charge is 2.09. The summed E-state index contributed by atoms with van der Waals surface area (Å²) in [5.74, 6) is -0.989. The predicted octanol–water partition coefficient (Wildman–Crippen LogP) is 0.770. The van der Waals surface area contributed by atoms with E-state index in [-0.39, 0.29) is 12.3 Å². The molecule has 8 heteroatoms. The molecule has 3 N–H and O–H groups in total. The molecule has 16 heavy (non-hydrogen) atoms. The van der Waals surface area contributed by atoms with Gasteiger partial charge in [0.25, 0.3) is 0 Å². The van der Waals surface area contributed by atoms with Crippen LogP contribution >= 0.6 is 11.3 Å². The maximum atomic E-state index is 11.3. The zero-order valence-electron chi connectivity index (χ0n) is 8.64. The Balaban J connectivity index is 2.22. The number of aliphatic carboxylic acids is 1. The third-order valence-corrected chi connectivity index (χ3v) is 2.32. The Morgan fingerprint density at radius 2 is 2.38 bits per heavy atom. The molecule has 0 saturated carbocycles. The van der Waals surface area contributed by atoms with Gasteiger partial charge in [-0.15, -0.1) is 10.2 Å². The number of carbonyl (C=O) groups is 2. The Hall–Kier alpha value is -1.70. The summed E-state index contributed by atoms with van der Waals surface area (Å²) in [7, 11) is 0. The molecule has 0 aromatic carbocycles. The molecule has 1 unspecified atom stereocenters. The van der Waals surface area contributed by atoms with Gasteiger partial charge in [0.15, 0.2) is 0 Å². The van der Waals surface area contributed by atoms with Crippen LogP contribution in [0.15, 0.2) is 5.51 Å². The van der Waals surface area contributed by atoms with Gasteiger partial charge in [-0.25, -0.2) is 4.79 Å². The number of carboxylic acids is 1. The number of carboxylic acid groups (broad SMARTS) is 1. The molecule has 0 aliphatic rings. The first-order valence-electron chi connectivity index (χ1n) is 4.60. The summed E-state index contributed by atoms with van der Waals surface area (Å²) in [5.41, 5.74) is 1.50. The highest BCUT2D eigenvalue weighted by atomic mass is 32.1. The van der Waals surface area contributed by atoms with Crippen LogP contribution in [0.3, 0.4) is 0 Å². The summed E-state index contributed by atoms with van der Waals surface area (Å²) in [4.78, 5) is 21.6. The molecule has 7 nitrogen and oxygen atoms in total. The lowest BCUT2D eigenvalue weighted by Gasteiger charge is -2.09. The molecular weight excluding hydrogens is 232 g/mol. The summed E-state index contributed by atoms with van der Waals surface area (Å²) in [5, 5.41) is 21.1. The van der Waals surface area contributed by atoms with Crippen molar-refractivity contribution in [1.82, 2.24) is 15.5 Å². The lowest BCUT2D eigenvalue weighted by Crippen LogP contribution is -2.32. The summed E-state index contributed by atoms with van der Waals surface area (Å²) in [6.07, 6.45) is 0.0269. The average molecular weight is 244 g/mol. The van der Waals surface area contributed by atoms with E-state index in [0.29, 0.717) is 11.7 Å². The molecule has 1 aromatic heterocycles. The van der Waals surface area contributed by atoms with E-state index in [2.05, 4.69) is 20.8 Å². The zero-order valence-corrected chi connectivity index (χ0v) is 9.45. The lowest BCUT2D eigenvalue weighted by atomic mass is 10.1. The summed E-state index contributed by atoms with van der Waals surface area (Å²) >= 11 is 1.21. The molecule has 2 amide bonds. The SMILES string of the molecule is CC(CNC(=O)Nc1nncs1)CC(=O)O. The van der Waals surface area contributed by atoms with E-state index in [0.717, 1.165) is 0 Å². The maximum Gasteiger partial charge on any atom is 0.321 e. The second-order valence-electron chi connectivity index (χ2n) is 3.28. The number of hydrogen-bond acceptors (Lipinski definition) is 5. The van der Waals surface area contributed by atoms with Crippen LogP contribution in [-0.4, -0.2) is 33.8 Å². The van der Waals surface area contributed by atoms with Gasteiger partial charge < -0.3 is 10.4 Å². The van der Waals surface area contributed by atoms with Gasteiger partial charge >= 0.3 is 12.0 Å². The van der Waals surface area contributed by atoms with Gasteiger partial charge in [0, 0.05) is 13.0 Å². The highest BCUT2D eigenvalue weighted by molar-refractivity contribution is 7.13. The minimum absolute atomic E-state index is 0.0269. The molecule has 1 aromatic rings. The van der Waals surface area contributed by atoms with Crippen LogP contribution in [0.25, 0.3) is 0 Å². The zero-order chi connectivity index (χ0) is 12.0. The standard InChI is InChI=1S/C8H12N4O3S/c1-5(2-6(13)14)3-9-7(15)11-8-12-10-4-16-8/h4-5H,2-3H2,1H3,(H,13,14)(H2,9,11,12,15). The topological polar surface area (TPSA) is 104 Å². The minimum atomic E-state index is -0.876. The number of carbonyl (C=O) groups excluding carboxylic acids is 1. The smallest absolute Gasteiger partial charge is 0.321 e. The molecule has 88 valence electrons. The molecule has 0 spiro atoms. The Morgan fingerprint density at radius 3 is 2.94 bits per heavy atom. The molecule has 0 fully saturated rings. The van der Waals surface area contributed by atoms with Crippen molar-refractivity contribution in [2.45, 2.75) is 13.3 Å². The maximum absolute atomic E-state index is 11.3. The van der Waals surface area contributed by atoms with Crippen LogP contribution in [0, 0.1) is 5.92 Å². The van der Waals surface area contributed by atoms with Crippen molar-refractivity contribution >= 4 is 28.5 Å². The van der Waals surface area contributed by atoms with Gasteiger partial charge in [-0.05, 0) is 5.92 Å². The van der Waals surface area contributed by atoms with Crippen LogP contribution in [0.4, 0.5) is 9.93 Å². The molecule has 1 rings (SSSR count). The monoisotopic (exact) mass is 244 g/mol. The van der Waals surface area contributed by atoms with Crippen molar-refractivity contribution < 1.29 is 14.7 Å². The third kappa shape index (κ3) is 4.69. The number of nitrogens with zero attached hydrogens (tertiary/aromatic N) is 2. The summed E-state index contributed by atoms with van der Waals surface area (Å²) in [6.45, 7) is 2.05. The fourth-order valence-electron chi connectivity index (χ4n) is 1.01. The Labute approximate surface area is 95.9 Å². The van der Waals surface area contributed by atoms with Gasteiger partial charge in [0.2, 0.25) is 5.13 Å². The molecular formula is C8H12N4O3S. The van der Waals surface area contributed by atoms with Gasteiger partial charge in [-0.3, -0.25) is 10.1 Å². The highest BCUT2D eigenvalue weighted by Crippen LogP contribution is 2.07. The Bertz CT molecular complexity index is 354. The van der Waals surface area contributed by atoms with Crippen LogP contribution in [0.1, 0.15) is 13.3 Å². The van der Waals surface area contributed by atoms with E-state index in [4.69, 9.17) is 5.11 Å². The fourth-order valence-corrected chi connectivity index (χ4v) is 1.45. The number of anilines is 1. The largest absolute Gasteiger partial charge is 0.481 e. The molecule has 1 atom stereocenters. The van der Waals surface area contributed by atoms with Crippen LogP contribution in [0.2, 0.25) is 0 Å². The quantitative estimate of drug-likeness (QED) is 0.709. The molecule has 0 bridgehead atoms. The van der Waals surface area contributed by atoms with Crippen molar-refractivity contribution in [2.24, 2.45) is 5.92 Å². The molecule has 1 heterocycles. The van der Waals surface area contributed by atoms with Crippen molar-refractivity contribution in [2.75, 3.05) is 11.9 Å². The van der Waals surface area contributed by atoms with Crippen molar-refractivity contribution in [3.05, 3.63) is 5.51 Å². The second-order valence-corrected chi connectivity index (χ2v) is 4.12. The first kappa shape index (κ1) is 12.4. The second kappa shape index (κ2) is 6.01. The molecule has 0 aliphatic heterocycles. The van der Waals surface area contributed by atoms with E-state index in [1.165, 1.54) is 16.8 Å². The van der Waals surface area contributed by atoms with Crippen molar-refractivity contribution in [3.63, 3.8) is 0 Å².